The van der Waals surface area contributed by atoms with Crippen LogP contribution in [0.15, 0.2) is 18.2 Å². The molecule has 2 aliphatic heterocycles. The van der Waals surface area contributed by atoms with Gasteiger partial charge in [-0.05, 0) is 57.0 Å². The van der Waals surface area contributed by atoms with E-state index in [0.29, 0.717) is 37.8 Å². The molecule has 1 aromatic rings. The van der Waals surface area contributed by atoms with Crippen LogP contribution in [0.25, 0.3) is 0 Å². The smallest absolute Gasteiger partial charge is 0.321 e. The van der Waals surface area contributed by atoms with E-state index in [-0.39, 0.29) is 17.5 Å². The second-order valence-corrected chi connectivity index (χ2v) is 6.68. The number of likely N-dealkylation sites (tertiary alicyclic amines) is 1. The van der Waals surface area contributed by atoms with Crippen molar-refractivity contribution in [2.45, 2.75) is 19.3 Å². The fourth-order valence-electron chi connectivity index (χ4n) is 3.51. The van der Waals surface area contributed by atoms with Gasteiger partial charge < -0.3 is 15.5 Å². The molecule has 0 bridgehead atoms. The number of carbonyl (C=O) groups is 2. The Morgan fingerprint density at radius 2 is 2.08 bits per heavy atom. The van der Waals surface area contributed by atoms with Crippen molar-refractivity contribution in [1.29, 1.82) is 0 Å². The van der Waals surface area contributed by atoms with Gasteiger partial charge in [-0.3, -0.25) is 9.69 Å². The molecule has 0 unspecified atom stereocenters. The lowest BCUT2D eigenvalue weighted by atomic mass is 9.93. The SMILES string of the molecule is CNCCC1CCN(C(=O)c2cc(N3CCNC3=O)ccc2F)CC1. The van der Waals surface area contributed by atoms with Crippen molar-refractivity contribution < 1.29 is 14.0 Å². The van der Waals surface area contributed by atoms with Gasteiger partial charge in [0.25, 0.3) is 5.91 Å². The molecule has 3 amide bonds. The highest BCUT2D eigenvalue weighted by molar-refractivity contribution is 5.98. The van der Waals surface area contributed by atoms with Gasteiger partial charge in [0.15, 0.2) is 0 Å². The van der Waals surface area contributed by atoms with E-state index in [1.807, 2.05) is 7.05 Å². The Kier molecular flexibility index (Phi) is 5.53. The van der Waals surface area contributed by atoms with E-state index in [4.69, 9.17) is 0 Å². The van der Waals surface area contributed by atoms with Crippen LogP contribution in [0.4, 0.5) is 14.9 Å². The molecule has 2 fully saturated rings. The molecule has 0 atom stereocenters. The summed E-state index contributed by atoms with van der Waals surface area (Å²) in [5.41, 5.74) is 0.606. The van der Waals surface area contributed by atoms with Crippen LogP contribution in [0.3, 0.4) is 0 Å². The summed E-state index contributed by atoms with van der Waals surface area (Å²) >= 11 is 0. The zero-order valence-corrected chi connectivity index (χ0v) is 14.6. The lowest BCUT2D eigenvalue weighted by Gasteiger charge is -2.32. The molecule has 7 heteroatoms. The van der Waals surface area contributed by atoms with E-state index < -0.39 is 5.82 Å². The first-order chi connectivity index (χ1) is 12.1. The molecule has 3 rings (SSSR count). The maximum Gasteiger partial charge on any atom is 0.321 e. The van der Waals surface area contributed by atoms with Crippen molar-refractivity contribution in [1.82, 2.24) is 15.5 Å². The summed E-state index contributed by atoms with van der Waals surface area (Å²) in [6.07, 6.45) is 3.00. The summed E-state index contributed by atoms with van der Waals surface area (Å²) in [7, 11) is 1.94. The Hall–Kier alpha value is -2.15. The van der Waals surface area contributed by atoms with Crippen molar-refractivity contribution in [3.8, 4) is 0 Å². The van der Waals surface area contributed by atoms with E-state index in [2.05, 4.69) is 10.6 Å². The van der Waals surface area contributed by atoms with Crippen LogP contribution in [0.1, 0.15) is 29.6 Å². The molecule has 0 aromatic heterocycles. The third-order valence-electron chi connectivity index (χ3n) is 5.05. The zero-order valence-electron chi connectivity index (χ0n) is 14.6. The average Bonchev–Trinajstić information content (AvgIpc) is 3.06. The molecule has 136 valence electrons. The highest BCUT2D eigenvalue weighted by atomic mass is 19.1. The normalized spacial score (nSPS) is 18.6. The van der Waals surface area contributed by atoms with Crippen LogP contribution in [-0.2, 0) is 0 Å². The minimum absolute atomic E-state index is 0.0471. The number of nitrogens with one attached hydrogen (secondary N) is 2. The quantitative estimate of drug-likeness (QED) is 0.853. The van der Waals surface area contributed by atoms with E-state index in [0.717, 1.165) is 25.8 Å². The van der Waals surface area contributed by atoms with Gasteiger partial charge in [0.05, 0.1) is 5.56 Å². The van der Waals surface area contributed by atoms with Crippen LogP contribution in [0, 0.1) is 11.7 Å². The van der Waals surface area contributed by atoms with Gasteiger partial charge in [0, 0.05) is 31.9 Å². The number of halogens is 1. The number of piperidine rings is 1. The van der Waals surface area contributed by atoms with Crippen molar-refractivity contribution in [2.75, 3.05) is 44.7 Å². The zero-order chi connectivity index (χ0) is 17.8. The molecule has 0 aliphatic carbocycles. The largest absolute Gasteiger partial charge is 0.339 e. The maximum absolute atomic E-state index is 14.2. The van der Waals surface area contributed by atoms with Crippen molar-refractivity contribution >= 4 is 17.6 Å². The van der Waals surface area contributed by atoms with E-state index in [1.165, 1.54) is 17.0 Å². The number of rotatable bonds is 5. The topological polar surface area (TPSA) is 64.7 Å². The first-order valence-corrected chi connectivity index (χ1v) is 8.89. The third kappa shape index (κ3) is 3.92. The summed E-state index contributed by atoms with van der Waals surface area (Å²) in [4.78, 5) is 27.8. The average molecular weight is 348 g/mol. The molecule has 2 aliphatic rings. The third-order valence-corrected chi connectivity index (χ3v) is 5.05. The first-order valence-electron chi connectivity index (χ1n) is 8.89. The number of anilines is 1. The van der Waals surface area contributed by atoms with Crippen LogP contribution in [-0.4, -0.2) is 56.6 Å². The van der Waals surface area contributed by atoms with Crippen LogP contribution in [0.2, 0.25) is 0 Å². The minimum Gasteiger partial charge on any atom is -0.339 e. The van der Waals surface area contributed by atoms with Gasteiger partial charge in [-0.1, -0.05) is 0 Å². The number of urea groups is 1. The standard InChI is InChI=1S/C18H25FN4O2/c1-20-7-4-13-5-9-22(10-6-13)17(24)15-12-14(2-3-16(15)19)23-11-8-21-18(23)25/h2-3,12-13,20H,4-11H2,1H3,(H,21,25). The summed E-state index contributed by atoms with van der Waals surface area (Å²) in [5.74, 6) is -0.210. The summed E-state index contributed by atoms with van der Waals surface area (Å²) in [6.45, 7) is 3.37. The van der Waals surface area contributed by atoms with Gasteiger partial charge in [-0.25, -0.2) is 9.18 Å². The molecule has 0 radical (unpaired) electrons. The monoisotopic (exact) mass is 348 g/mol. The number of hydrogen-bond acceptors (Lipinski definition) is 3. The first kappa shape index (κ1) is 17.7. The molecule has 25 heavy (non-hydrogen) atoms. The van der Waals surface area contributed by atoms with Crippen LogP contribution < -0.4 is 15.5 Å². The second kappa shape index (κ2) is 7.82. The Balaban J connectivity index is 1.69. The molecule has 2 heterocycles. The lowest BCUT2D eigenvalue weighted by Crippen LogP contribution is -2.39. The molecule has 6 nitrogen and oxygen atoms in total. The number of hydrogen-bond donors (Lipinski definition) is 2. The van der Waals surface area contributed by atoms with Gasteiger partial charge in [-0.15, -0.1) is 0 Å². The van der Waals surface area contributed by atoms with Gasteiger partial charge >= 0.3 is 6.03 Å². The minimum atomic E-state index is -0.536. The molecular formula is C18H25FN4O2. The van der Waals surface area contributed by atoms with Crippen LogP contribution in [0.5, 0.6) is 0 Å². The number of amides is 3. The van der Waals surface area contributed by atoms with E-state index >= 15 is 0 Å². The molecule has 2 N–H and O–H groups in total. The molecule has 0 spiro atoms. The maximum atomic E-state index is 14.2. The highest BCUT2D eigenvalue weighted by Gasteiger charge is 2.27. The predicted molar refractivity (Wildman–Crippen MR) is 94.3 cm³/mol. The molecule has 1 aromatic carbocycles. The van der Waals surface area contributed by atoms with Crippen molar-refractivity contribution in [3.63, 3.8) is 0 Å². The summed E-state index contributed by atoms with van der Waals surface area (Å²) in [5, 5.41) is 5.86. The number of carbonyl (C=O) groups excluding carboxylic acids is 2. The van der Waals surface area contributed by atoms with Crippen molar-refractivity contribution in [3.05, 3.63) is 29.6 Å². The Labute approximate surface area is 147 Å². The fraction of sp³-hybridized carbons (Fsp3) is 0.556. The van der Waals surface area contributed by atoms with Gasteiger partial charge in [0.1, 0.15) is 5.82 Å². The Morgan fingerprint density at radius 3 is 2.72 bits per heavy atom. The Bertz CT molecular complexity index is 644. The molecule has 2 saturated heterocycles. The Morgan fingerprint density at radius 1 is 1.32 bits per heavy atom. The van der Waals surface area contributed by atoms with Crippen LogP contribution >= 0.6 is 0 Å². The number of benzene rings is 1. The van der Waals surface area contributed by atoms with Gasteiger partial charge in [-0.2, -0.15) is 0 Å². The second-order valence-electron chi connectivity index (χ2n) is 6.68. The predicted octanol–water partition coefficient (Wildman–Crippen LogP) is 1.82. The van der Waals surface area contributed by atoms with E-state index in [1.54, 1.807) is 11.0 Å². The summed E-state index contributed by atoms with van der Waals surface area (Å²) in [6, 6.07) is 4.10. The molecule has 0 saturated carbocycles. The highest BCUT2D eigenvalue weighted by Crippen LogP contribution is 2.25. The lowest BCUT2D eigenvalue weighted by molar-refractivity contribution is 0.0682. The number of nitrogens with zero attached hydrogens (tertiary/aromatic N) is 2. The van der Waals surface area contributed by atoms with E-state index in [9.17, 15) is 14.0 Å². The summed E-state index contributed by atoms with van der Waals surface area (Å²) < 4.78 is 14.2. The molecular weight excluding hydrogens is 323 g/mol. The van der Waals surface area contributed by atoms with Crippen molar-refractivity contribution in [2.24, 2.45) is 5.92 Å². The fourth-order valence-corrected chi connectivity index (χ4v) is 3.51. The van der Waals surface area contributed by atoms with Gasteiger partial charge in [0.2, 0.25) is 0 Å².